The van der Waals surface area contributed by atoms with Gasteiger partial charge in [-0.2, -0.15) is 4.39 Å². The van der Waals surface area contributed by atoms with Gasteiger partial charge in [-0.25, -0.2) is 13.6 Å². The number of hydrogen-bond donors (Lipinski definition) is 0. The molecule has 3 aromatic carbocycles. The number of halogens is 3. The minimum Gasteiger partial charge on any atom is -0.490 e. The van der Waals surface area contributed by atoms with Crippen molar-refractivity contribution >= 4 is 5.97 Å². The number of carbonyl (C=O) groups is 1. The lowest BCUT2D eigenvalue weighted by molar-refractivity contribution is 0.0728. The zero-order chi connectivity index (χ0) is 34.6. The minimum atomic E-state index is -1.31. The SMILES string of the molecule is CCCCCCCCCCCCOc1ccc(C(=O)Oc2ccc(C#Cc3ccc(OC(C)CCCCCC)c(F)c3)cc2)c(F)c1F. The summed E-state index contributed by atoms with van der Waals surface area (Å²) in [5, 5.41) is 0. The lowest BCUT2D eigenvalue weighted by Crippen LogP contribution is -2.12. The van der Waals surface area contributed by atoms with E-state index in [0.717, 1.165) is 44.6 Å². The molecule has 0 aliphatic rings. The molecule has 0 aliphatic carbocycles. The number of benzene rings is 3. The van der Waals surface area contributed by atoms with Crippen molar-refractivity contribution < 1.29 is 32.2 Å². The second-order valence-corrected chi connectivity index (χ2v) is 12.4. The van der Waals surface area contributed by atoms with Crippen LogP contribution < -0.4 is 14.2 Å². The molecule has 0 aromatic heterocycles. The molecular weight excluding hydrogens is 613 g/mol. The van der Waals surface area contributed by atoms with Gasteiger partial charge < -0.3 is 14.2 Å². The van der Waals surface area contributed by atoms with Crippen LogP contribution in [0.4, 0.5) is 13.2 Å². The van der Waals surface area contributed by atoms with E-state index in [2.05, 4.69) is 25.7 Å². The van der Waals surface area contributed by atoms with Gasteiger partial charge in [0.1, 0.15) is 5.75 Å². The first-order valence-electron chi connectivity index (χ1n) is 17.7. The molecule has 4 nitrogen and oxygen atoms in total. The Morgan fingerprint density at radius 2 is 1.23 bits per heavy atom. The number of ether oxygens (including phenoxy) is 3. The van der Waals surface area contributed by atoms with E-state index < -0.39 is 29.0 Å². The number of unbranched alkanes of at least 4 members (excludes halogenated alkanes) is 12. The van der Waals surface area contributed by atoms with E-state index in [1.165, 1.54) is 82.1 Å². The monoisotopic (exact) mass is 664 g/mol. The molecule has 0 bridgehead atoms. The van der Waals surface area contributed by atoms with Crippen LogP contribution in [0.15, 0.2) is 54.6 Å². The van der Waals surface area contributed by atoms with E-state index in [0.29, 0.717) is 11.1 Å². The standard InChI is InChI=1S/C41H51F3O4/c1-4-6-8-10-11-12-13-14-15-17-29-46-38-28-26-35(39(43)40(38)44)41(45)48-34-24-21-32(22-25-34)19-20-33-23-27-37(36(42)30-33)47-31(3)18-16-9-7-5-2/h21-28,30-31H,4-18,29H2,1-3H3. The van der Waals surface area contributed by atoms with E-state index in [-0.39, 0.29) is 30.0 Å². The van der Waals surface area contributed by atoms with E-state index in [9.17, 15) is 18.0 Å². The van der Waals surface area contributed by atoms with Gasteiger partial charge in [-0.15, -0.1) is 0 Å². The molecule has 0 saturated carbocycles. The fraction of sp³-hybridized carbons (Fsp3) is 0.488. The first-order chi connectivity index (χ1) is 23.3. The van der Waals surface area contributed by atoms with Gasteiger partial charge >= 0.3 is 5.97 Å². The molecule has 3 rings (SSSR count). The van der Waals surface area contributed by atoms with Crippen molar-refractivity contribution in [2.45, 2.75) is 123 Å². The summed E-state index contributed by atoms with van der Waals surface area (Å²) in [7, 11) is 0. The maximum absolute atomic E-state index is 14.7. The minimum absolute atomic E-state index is 0.0751. The normalized spacial score (nSPS) is 11.5. The molecule has 0 heterocycles. The third-order valence-electron chi connectivity index (χ3n) is 8.16. The number of hydrogen-bond acceptors (Lipinski definition) is 4. The van der Waals surface area contributed by atoms with Crippen LogP contribution in [-0.2, 0) is 0 Å². The summed E-state index contributed by atoms with van der Waals surface area (Å²) >= 11 is 0. The van der Waals surface area contributed by atoms with E-state index >= 15 is 0 Å². The molecule has 0 radical (unpaired) electrons. The highest BCUT2D eigenvalue weighted by molar-refractivity contribution is 5.91. The molecule has 260 valence electrons. The Balaban J connectivity index is 1.44. The molecular formula is C41H51F3O4. The Morgan fingerprint density at radius 1 is 0.667 bits per heavy atom. The first-order valence-corrected chi connectivity index (χ1v) is 17.7. The van der Waals surface area contributed by atoms with Gasteiger partial charge in [0, 0.05) is 11.1 Å². The highest BCUT2D eigenvalue weighted by Gasteiger charge is 2.21. The zero-order valence-electron chi connectivity index (χ0n) is 28.9. The van der Waals surface area contributed by atoms with Gasteiger partial charge in [-0.1, -0.05) is 103 Å². The molecule has 48 heavy (non-hydrogen) atoms. The first kappa shape index (κ1) is 38.5. The molecule has 0 spiro atoms. The smallest absolute Gasteiger partial charge is 0.346 e. The predicted molar refractivity (Wildman–Crippen MR) is 186 cm³/mol. The van der Waals surface area contributed by atoms with Gasteiger partial charge in [0.2, 0.25) is 5.82 Å². The highest BCUT2D eigenvalue weighted by atomic mass is 19.2. The Bertz CT molecular complexity index is 1460. The molecule has 0 aliphatic heterocycles. The lowest BCUT2D eigenvalue weighted by Gasteiger charge is -2.15. The topological polar surface area (TPSA) is 44.8 Å². The van der Waals surface area contributed by atoms with Crippen molar-refractivity contribution in [1.29, 1.82) is 0 Å². The van der Waals surface area contributed by atoms with Crippen molar-refractivity contribution in [2.24, 2.45) is 0 Å². The second kappa shape index (κ2) is 21.9. The van der Waals surface area contributed by atoms with Crippen LogP contribution in [0.5, 0.6) is 17.2 Å². The number of esters is 1. The highest BCUT2D eigenvalue weighted by Crippen LogP contribution is 2.25. The summed E-state index contributed by atoms with van der Waals surface area (Å²) in [5.74, 6) is 1.96. The number of rotatable bonds is 21. The summed E-state index contributed by atoms with van der Waals surface area (Å²) in [6.07, 6.45) is 17.0. The van der Waals surface area contributed by atoms with Crippen molar-refractivity contribution in [1.82, 2.24) is 0 Å². The average Bonchev–Trinajstić information content (AvgIpc) is 3.08. The maximum atomic E-state index is 14.7. The Kier molecular flexibility index (Phi) is 17.5. The summed E-state index contributed by atoms with van der Waals surface area (Å²) in [5.41, 5.74) is 0.555. The molecule has 0 amide bonds. The largest absolute Gasteiger partial charge is 0.490 e. The second-order valence-electron chi connectivity index (χ2n) is 12.4. The van der Waals surface area contributed by atoms with Crippen LogP contribution in [0.3, 0.4) is 0 Å². The van der Waals surface area contributed by atoms with Crippen molar-refractivity contribution in [3.63, 3.8) is 0 Å². The molecule has 1 unspecified atom stereocenters. The molecule has 0 saturated heterocycles. The van der Waals surface area contributed by atoms with E-state index in [4.69, 9.17) is 14.2 Å². The Morgan fingerprint density at radius 3 is 1.88 bits per heavy atom. The molecule has 1 atom stereocenters. The zero-order valence-corrected chi connectivity index (χ0v) is 28.9. The number of carbonyl (C=O) groups excluding carboxylic acids is 1. The maximum Gasteiger partial charge on any atom is 0.346 e. The fourth-order valence-electron chi connectivity index (χ4n) is 5.29. The van der Waals surface area contributed by atoms with Crippen molar-refractivity contribution in [2.75, 3.05) is 6.61 Å². The van der Waals surface area contributed by atoms with Crippen LogP contribution in [0.1, 0.15) is 139 Å². The van der Waals surface area contributed by atoms with Crippen LogP contribution in [-0.4, -0.2) is 18.7 Å². The average molecular weight is 665 g/mol. The fourth-order valence-corrected chi connectivity index (χ4v) is 5.29. The summed E-state index contributed by atoms with van der Waals surface area (Å²) in [6, 6.07) is 13.3. The van der Waals surface area contributed by atoms with E-state index in [1.807, 2.05) is 6.92 Å². The third-order valence-corrected chi connectivity index (χ3v) is 8.16. The molecule has 0 fully saturated rings. The Labute approximate surface area is 285 Å². The summed E-state index contributed by atoms with van der Waals surface area (Å²) < 4.78 is 60.5. The van der Waals surface area contributed by atoms with Crippen LogP contribution >= 0.6 is 0 Å². The van der Waals surface area contributed by atoms with Gasteiger partial charge in [0.05, 0.1) is 18.3 Å². The van der Waals surface area contributed by atoms with Crippen molar-refractivity contribution in [3.05, 3.63) is 88.7 Å². The van der Waals surface area contributed by atoms with Crippen LogP contribution in [0, 0.1) is 29.3 Å². The summed E-state index contributed by atoms with van der Waals surface area (Å²) in [4.78, 5) is 12.6. The van der Waals surface area contributed by atoms with Crippen LogP contribution in [0.2, 0.25) is 0 Å². The Hall–Kier alpha value is -3.92. The van der Waals surface area contributed by atoms with Crippen LogP contribution in [0.25, 0.3) is 0 Å². The molecule has 0 N–H and O–H groups in total. The van der Waals surface area contributed by atoms with Gasteiger partial charge in [0.25, 0.3) is 0 Å². The summed E-state index contributed by atoms with van der Waals surface area (Å²) in [6.45, 7) is 6.60. The van der Waals surface area contributed by atoms with Gasteiger partial charge in [0.15, 0.2) is 23.1 Å². The molecule has 3 aromatic rings. The van der Waals surface area contributed by atoms with Crippen molar-refractivity contribution in [3.8, 4) is 29.1 Å². The lowest BCUT2D eigenvalue weighted by atomic mass is 10.1. The van der Waals surface area contributed by atoms with E-state index in [1.54, 1.807) is 24.3 Å². The van der Waals surface area contributed by atoms with Gasteiger partial charge in [-0.05, 0) is 80.8 Å². The third kappa shape index (κ3) is 13.7. The van der Waals surface area contributed by atoms with Gasteiger partial charge in [-0.3, -0.25) is 0 Å². The molecule has 7 heteroatoms. The predicted octanol–water partition coefficient (Wildman–Crippen LogP) is 11.8. The quantitative estimate of drug-likeness (QED) is 0.0492.